The van der Waals surface area contributed by atoms with E-state index in [1.807, 2.05) is 6.92 Å². The summed E-state index contributed by atoms with van der Waals surface area (Å²) in [5.74, 6) is -0.593. The van der Waals surface area contributed by atoms with E-state index >= 15 is 0 Å². The number of nitrogens with one attached hydrogen (secondary N) is 1. The average Bonchev–Trinajstić information content (AvgIpc) is 2.39. The van der Waals surface area contributed by atoms with E-state index in [1.54, 1.807) is 38.1 Å². The number of esters is 1. The molecule has 1 rings (SSSR count). The Morgan fingerprint density at radius 3 is 2.35 bits per heavy atom. The zero-order valence-corrected chi connectivity index (χ0v) is 12.2. The molecule has 1 atom stereocenters. The number of benzene rings is 1. The van der Waals surface area contributed by atoms with Crippen LogP contribution in [0.5, 0.6) is 0 Å². The maximum atomic E-state index is 11.7. The van der Waals surface area contributed by atoms with Crippen molar-refractivity contribution in [2.45, 2.75) is 45.8 Å². The minimum Gasteiger partial charge on any atom is -0.459 e. The minimum atomic E-state index is -0.509. The number of amides is 1. The van der Waals surface area contributed by atoms with Crippen LogP contribution in [0.2, 0.25) is 0 Å². The number of carbonyl (C=O) groups is 2. The van der Waals surface area contributed by atoms with Gasteiger partial charge < -0.3 is 15.8 Å². The SMILES string of the molecule is CCCC(N)C(=O)Nc1ccc(C(=O)OC(C)C)cc1. The molecule has 0 aromatic heterocycles. The van der Waals surface area contributed by atoms with Gasteiger partial charge in [0.25, 0.3) is 0 Å². The molecule has 110 valence electrons. The molecule has 5 nitrogen and oxygen atoms in total. The standard InChI is InChI=1S/C15H22N2O3/c1-4-5-13(16)14(18)17-12-8-6-11(7-9-12)15(19)20-10(2)3/h6-10,13H,4-5,16H2,1-3H3,(H,17,18). The molecule has 0 bridgehead atoms. The van der Waals surface area contributed by atoms with E-state index in [-0.39, 0.29) is 18.0 Å². The van der Waals surface area contributed by atoms with Gasteiger partial charge in [-0.3, -0.25) is 4.79 Å². The molecule has 1 amide bonds. The van der Waals surface area contributed by atoms with Gasteiger partial charge in [-0.05, 0) is 44.5 Å². The Morgan fingerprint density at radius 1 is 1.25 bits per heavy atom. The fourth-order valence-corrected chi connectivity index (χ4v) is 1.65. The maximum absolute atomic E-state index is 11.7. The molecule has 1 aromatic rings. The van der Waals surface area contributed by atoms with E-state index in [1.165, 1.54) is 0 Å². The Hall–Kier alpha value is -1.88. The lowest BCUT2D eigenvalue weighted by atomic mass is 10.1. The summed E-state index contributed by atoms with van der Waals surface area (Å²) in [6.07, 6.45) is 1.34. The highest BCUT2D eigenvalue weighted by Crippen LogP contribution is 2.12. The number of hydrogen-bond acceptors (Lipinski definition) is 4. The molecule has 0 aliphatic rings. The minimum absolute atomic E-state index is 0.158. The first-order valence-electron chi connectivity index (χ1n) is 6.81. The van der Waals surface area contributed by atoms with Crippen molar-refractivity contribution in [1.29, 1.82) is 0 Å². The van der Waals surface area contributed by atoms with Gasteiger partial charge in [0, 0.05) is 5.69 Å². The lowest BCUT2D eigenvalue weighted by molar-refractivity contribution is -0.117. The second kappa shape index (κ2) is 7.65. The van der Waals surface area contributed by atoms with E-state index in [0.29, 0.717) is 17.7 Å². The monoisotopic (exact) mass is 278 g/mol. The van der Waals surface area contributed by atoms with Crippen molar-refractivity contribution in [3.8, 4) is 0 Å². The molecule has 0 radical (unpaired) electrons. The number of rotatable bonds is 6. The Labute approximate surface area is 119 Å². The van der Waals surface area contributed by atoms with Crippen LogP contribution in [0.1, 0.15) is 44.0 Å². The van der Waals surface area contributed by atoms with E-state index < -0.39 is 6.04 Å². The molecule has 0 heterocycles. The second-order valence-corrected chi connectivity index (χ2v) is 4.92. The summed E-state index contributed by atoms with van der Waals surface area (Å²) in [5.41, 5.74) is 6.79. The van der Waals surface area contributed by atoms with E-state index in [0.717, 1.165) is 6.42 Å². The molecule has 0 aliphatic heterocycles. The first-order valence-corrected chi connectivity index (χ1v) is 6.81. The van der Waals surface area contributed by atoms with Gasteiger partial charge in [-0.25, -0.2) is 4.79 Å². The molecule has 5 heteroatoms. The summed E-state index contributed by atoms with van der Waals surface area (Å²) in [7, 11) is 0. The molecular formula is C15H22N2O3. The molecule has 0 spiro atoms. The highest BCUT2D eigenvalue weighted by molar-refractivity contribution is 5.95. The summed E-state index contributed by atoms with van der Waals surface area (Å²) < 4.78 is 5.08. The van der Waals surface area contributed by atoms with Gasteiger partial charge in [0.1, 0.15) is 0 Å². The lowest BCUT2D eigenvalue weighted by Crippen LogP contribution is -2.35. The van der Waals surface area contributed by atoms with E-state index in [4.69, 9.17) is 10.5 Å². The van der Waals surface area contributed by atoms with Gasteiger partial charge in [0.05, 0.1) is 17.7 Å². The fourth-order valence-electron chi connectivity index (χ4n) is 1.65. The van der Waals surface area contributed by atoms with Crippen LogP contribution in [-0.2, 0) is 9.53 Å². The molecule has 0 aliphatic carbocycles. The third-order valence-corrected chi connectivity index (χ3v) is 2.67. The van der Waals surface area contributed by atoms with Gasteiger partial charge in [-0.15, -0.1) is 0 Å². The van der Waals surface area contributed by atoms with Gasteiger partial charge in [-0.1, -0.05) is 13.3 Å². The number of hydrogen-bond donors (Lipinski definition) is 2. The zero-order valence-electron chi connectivity index (χ0n) is 12.2. The topological polar surface area (TPSA) is 81.4 Å². The molecule has 20 heavy (non-hydrogen) atoms. The van der Waals surface area contributed by atoms with Crippen LogP contribution in [0.15, 0.2) is 24.3 Å². The Morgan fingerprint density at radius 2 is 1.85 bits per heavy atom. The van der Waals surface area contributed by atoms with Gasteiger partial charge in [-0.2, -0.15) is 0 Å². The van der Waals surface area contributed by atoms with Crippen molar-refractivity contribution in [3.05, 3.63) is 29.8 Å². The van der Waals surface area contributed by atoms with Crippen molar-refractivity contribution in [2.75, 3.05) is 5.32 Å². The highest BCUT2D eigenvalue weighted by Gasteiger charge is 2.13. The van der Waals surface area contributed by atoms with Gasteiger partial charge in [0.2, 0.25) is 5.91 Å². The maximum Gasteiger partial charge on any atom is 0.338 e. The number of carbonyl (C=O) groups excluding carboxylic acids is 2. The number of anilines is 1. The number of nitrogens with two attached hydrogens (primary N) is 1. The molecule has 1 unspecified atom stereocenters. The quantitative estimate of drug-likeness (QED) is 0.782. The Balaban J connectivity index is 2.63. The summed E-state index contributed by atoms with van der Waals surface area (Å²) in [4.78, 5) is 23.4. The van der Waals surface area contributed by atoms with E-state index in [9.17, 15) is 9.59 Å². The number of ether oxygens (including phenoxy) is 1. The van der Waals surface area contributed by atoms with Crippen molar-refractivity contribution < 1.29 is 14.3 Å². The van der Waals surface area contributed by atoms with Crippen molar-refractivity contribution in [3.63, 3.8) is 0 Å². The largest absolute Gasteiger partial charge is 0.459 e. The molecule has 1 aromatic carbocycles. The first-order chi connectivity index (χ1) is 9.43. The normalized spacial score (nSPS) is 12.1. The summed E-state index contributed by atoms with van der Waals surface area (Å²) in [6, 6.07) is 6.05. The highest BCUT2D eigenvalue weighted by atomic mass is 16.5. The summed E-state index contributed by atoms with van der Waals surface area (Å²) in [6.45, 7) is 5.56. The Kier molecular flexibility index (Phi) is 6.18. The predicted molar refractivity (Wildman–Crippen MR) is 78.5 cm³/mol. The predicted octanol–water partition coefficient (Wildman–Crippen LogP) is 2.32. The average molecular weight is 278 g/mol. The van der Waals surface area contributed by atoms with Crippen LogP contribution in [0, 0.1) is 0 Å². The summed E-state index contributed by atoms with van der Waals surface area (Å²) >= 11 is 0. The first kappa shape index (κ1) is 16.2. The van der Waals surface area contributed by atoms with Gasteiger partial charge in [0.15, 0.2) is 0 Å². The third-order valence-electron chi connectivity index (χ3n) is 2.67. The molecule has 0 saturated heterocycles. The fraction of sp³-hybridized carbons (Fsp3) is 0.467. The lowest BCUT2D eigenvalue weighted by Gasteiger charge is -2.12. The van der Waals surface area contributed by atoms with Crippen molar-refractivity contribution in [2.24, 2.45) is 5.73 Å². The molecule has 3 N–H and O–H groups in total. The Bertz CT molecular complexity index is 455. The van der Waals surface area contributed by atoms with E-state index in [2.05, 4.69) is 5.32 Å². The molecule has 0 saturated carbocycles. The van der Waals surface area contributed by atoms with Crippen LogP contribution in [-0.4, -0.2) is 24.0 Å². The smallest absolute Gasteiger partial charge is 0.338 e. The van der Waals surface area contributed by atoms with Crippen LogP contribution in [0.4, 0.5) is 5.69 Å². The van der Waals surface area contributed by atoms with Crippen molar-refractivity contribution >= 4 is 17.6 Å². The van der Waals surface area contributed by atoms with Crippen molar-refractivity contribution in [1.82, 2.24) is 0 Å². The summed E-state index contributed by atoms with van der Waals surface area (Å²) in [5, 5.41) is 2.72. The molecule has 0 fully saturated rings. The zero-order chi connectivity index (χ0) is 15.1. The van der Waals surface area contributed by atoms with Crippen LogP contribution >= 0.6 is 0 Å². The second-order valence-electron chi connectivity index (χ2n) is 4.92. The third kappa shape index (κ3) is 5.01. The van der Waals surface area contributed by atoms with Gasteiger partial charge >= 0.3 is 5.97 Å². The van der Waals surface area contributed by atoms with Crippen LogP contribution in [0.25, 0.3) is 0 Å². The molecular weight excluding hydrogens is 256 g/mol. The van der Waals surface area contributed by atoms with Crippen LogP contribution in [0.3, 0.4) is 0 Å². The van der Waals surface area contributed by atoms with Crippen LogP contribution < -0.4 is 11.1 Å².